The van der Waals surface area contributed by atoms with Crippen LogP contribution in [0.3, 0.4) is 0 Å². The van der Waals surface area contributed by atoms with E-state index in [-0.39, 0.29) is 0 Å². The Bertz CT molecular complexity index is 583. The molecule has 0 fully saturated rings. The molecule has 0 atom stereocenters. The van der Waals surface area contributed by atoms with Crippen LogP contribution in [-0.2, 0) is 0 Å². The van der Waals surface area contributed by atoms with E-state index in [1.807, 2.05) is 12.1 Å². The molecule has 0 aliphatic carbocycles. The Morgan fingerprint density at radius 2 is 2.11 bits per heavy atom. The van der Waals surface area contributed by atoms with Crippen molar-refractivity contribution in [3.8, 4) is 11.6 Å². The number of nitrogens with one attached hydrogen (secondary N) is 1. The molecule has 0 radical (unpaired) electrons. The minimum atomic E-state index is 0.337. The zero-order valence-corrected chi connectivity index (χ0v) is 14.7. The van der Waals surface area contributed by atoms with Gasteiger partial charge in [0.2, 0.25) is 0 Å². The molecule has 0 bridgehead atoms. The summed E-state index contributed by atoms with van der Waals surface area (Å²) in [5, 5.41) is 3.28. The number of nitrogens with zero attached hydrogens (tertiary/aromatic N) is 2. The van der Waals surface area contributed by atoms with Gasteiger partial charge in [-0.1, -0.05) is 13.8 Å². The molecule has 1 N–H and O–H groups in total. The lowest BCUT2D eigenvalue weighted by molar-refractivity contribution is 0.550. The number of rotatable bonds is 4. The Morgan fingerprint density at radius 1 is 1.37 bits per heavy atom. The Kier molecular flexibility index (Phi) is 4.83. The molecule has 0 saturated heterocycles. The molecule has 2 rings (SSSR count). The first-order valence-corrected chi connectivity index (χ1v) is 7.97. The van der Waals surface area contributed by atoms with Crippen molar-refractivity contribution in [2.45, 2.75) is 26.7 Å². The predicted molar refractivity (Wildman–Crippen MR) is 88.4 cm³/mol. The van der Waals surface area contributed by atoms with Gasteiger partial charge in [0.1, 0.15) is 5.82 Å². The van der Waals surface area contributed by atoms with Crippen molar-refractivity contribution in [1.29, 1.82) is 0 Å². The summed E-state index contributed by atoms with van der Waals surface area (Å²) in [6.07, 6.45) is 0. The van der Waals surface area contributed by atoms with Crippen LogP contribution in [0.1, 0.15) is 32.4 Å². The summed E-state index contributed by atoms with van der Waals surface area (Å²) in [4.78, 5) is 9.17. The summed E-state index contributed by atoms with van der Waals surface area (Å²) in [5.41, 5.74) is 1.04. The van der Waals surface area contributed by atoms with Crippen LogP contribution < -0.4 is 5.32 Å². The molecule has 0 unspecified atom stereocenters. The van der Waals surface area contributed by atoms with Crippen LogP contribution in [0.2, 0.25) is 0 Å². The van der Waals surface area contributed by atoms with E-state index in [0.29, 0.717) is 22.2 Å². The average molecular weight is 436 g/mol. The first-order chi connectivity index (χ1) is 9.02. The van der Waals surface area contributed by atoms with Gasteiger partial charge in [-0.3, -0.25) is 0 Å². The highest BCUT2D eigenvalue weighted by molar-refractivity contribution is 14.1. The molecule has 0 saturated carbocycles. The van der Waals surface area contributed by atoms with Crippen molar-refractivity contribution in [3.05, 3.63) is 26.1 Å². The van der Waals surface area contributed by atoms with E-state index in [2.05, 4.69) is 74.6 Å². The minimum Gasteiger partial charge on any atom is -0.446 e. The molecule has 2 heterocycles. The molecular formula is C13H15BrIN3O. The summed E-state index contributed by atoms with van der Waals surface area (Å²) in [5.74, 6) is 2.49. The van der Waals surface area contributed by atoms with Gasteiger partial charge in [-0.25, -0.2) is 9.97 Å². The van der Waals surface area contributed by atoms with Gasteiger partial charge in [0.15, 0.2) is 16.3 Å². The average Bonchev–Trinajstić information content (AvgIpc) is 2.78. The van der Waals surface area contributed by atoms with E-state index in [9.17, 15) is 0 Å². The number of halogens is 2. The molecule has 19 heavy (non-hydrogen) atoms. The Labute approximate surface area is 134 Å². The van der Waals surface area contributed by atoms with Crippen molar-refractivity contribution >= 4 is 44.3 Å². The fourth-order valence-electron chi connectivity index (χ4n) is 1.68. The van der Waals surface area contributed by atoms with Gasteiger partial charge in [0.05, 0.1) is 9.26 Å². The number of hydrogen-bond acceptors (Lipinski definition) is 4. The smallest absolute Gasteiger partial charge is 0.197 e. The fourth-order valence-corrected chi connectivity index (χ4v) is 3.04. The molecule has 0 spiro atoms. The lowest BCUT2D eigenvalue weighted by Crippen LogP contribution is -2.08. The molecule has 4 nitrogen and oxygen atoms in total. The standard InChI is InChI=1S/C13H15BrIN3O/c1-4-16-13-10(15)11(7(2)3)17-12(18-13)8-5-6-9(14)19-8/h5-7H,4H2,1-3H3,(H,16,17,18). The molecular weight excluding hydrogens is 421 g/mol. The SMILES string of the molecule is CCNc1nc(-c2ccc(Br)o2)nc(C(C)C)c1I. The van der Waals surface area contributed by atoms with E-state index in [1.165, 1.54) is 0 Å². The van der Waals surface area contributed by atoms with Gasteiger partial charge in [-0.05, 0) is 63.5 Å². The third-order valence-corrected chi connectivity index (χ3v) is 4.05. The predicted octanol–water partition coefficient (Wildman–Crippen LogP) is 4.66. The highest BCUT2D eigenvalue weighted by Gasteiger charge is 2.17. The normalized spacial score (nSPS) is 11.1. The third-order valence-electron chi connectivity index (χ3n) is 2.56. The number of anilines is 1. The molecule has 0 aliphatic rings. The third kappa shape index (κ3) is 3.28. The van der Waals surface area contributed by atoms with E-state index in [1.54, 1.807) is 0 Å². The van der Waals surface area contributed by atoms with Crippen molar-refractivity contribution in [3.63, 3.8) is 0 Å². The summed E-state index contributed by atoms with van der Waals surface area (Å²) in [6, 6.07) is 3.71. The summed E-state index contributed by atoms with van der Waals surface area (Å²) in [6.45, 7) is 7.13. The Hall–Kier alpha value is -0.630. The quantitative estimate of drug-likeness (QED) is 0.709. The topological polar surface area (TPSA) is 51.0 Å². The van der Waals surface area contributed by atoms with Crippen molar-refractivity contribution < 1.29 is 4.42 Å². The zero-order valence-electron chi connectivity index (χ0n) is 11.0. The largest absolute Gasteiger partial charge is 0.446 e. The molecule has 0 amide bonds. The van der Waals surface area contributed by atoms with Crippen molar-refractivity contribution in [1.82, 2.24) is 9.97 Å². The van der Waals surface area contributed by atoms with Gasteiger partial charge < -0.3 is 9.73 Å². The maximum atomic E-state index is 5.54. The molecule has 6 heteroatoms. The maximum Gasteiger partial charge on any atom is 0.197 e. The fraction of sp³-hybridized carbons (Fsp3) is 0.385. The summed E-state index contributed by atoms with van der Waals surface area (Å²) < 4.78 is 7.29. The van der Waals surface area contributed by atoms with Gasteiger partial charge in [0, 0.05) is 6.54 Å². The van der Waals surface area contributed by atoms with E-state index in [0.717, 1.165) is 21.6 Å². The second-order valence-corrected chi connectivity index (χ2v) is 6.24. The zero-order chi connectivity index (χ0) is 14.0. The highest BCUT2D eigenvalue weighted by atomic mass is 127. The summed E-state index contributed by atoms with van der Waals surface area (Å²) >= 11 is 5.59. The Balaban J connectivity index is 2.55. The molecule has 102 valence electrons. The summed E-state index contributed by atoms with van der Waals surface area (Å²) in [7, 11) is 0. The minimum absolute atomic E-state index is 0.337. The number of furan rings is 1. The molecule has 2 aromatic heterocycles. The van der Waals surface area contributed by atoms with Crippen molar-refractivity contribution in [2.75, 3.05) is 11.9 Å². The second kappa shape index (κ2) is 6.21. The van der Waals surface area contributed by atoms with E-state index in [4.69, 9.17) is 4.42 Å². The second-order valence-electron chi connectivity index (χ2n) is 4.38. The first-order valence-electron chi connectivity index (χ1n) is 6.10. The van der Waals surface area contributed by atoms with E-state index < -0.39 is 0 Å². The van der Waals surface area contributed by atoms with Crippen LogP contribution in [0, 0.1) is 3.57 Å². The lowest BCUT2D eigenvalue weighted by atomic mass is 10.1. The van der Waals surface area contributed by atoms with Crippen LogP contribution in [-0.4, -0.2) is 16.5 Å². The van der Waals surface area contributed by atoms with Crippen LogP contribution in [0.4, 0.5) is 5.82 Å². The Morgan fingerprint density at radius 3 is 2.63 bits per heavy atom. The van der Waals surface area contributed by atoms with Crippen LogP contribution in [0.25, 0.3) is 11.6 Å². The number of hydrogen-bond donors (Lipinski definition) is 1. The van der Waals surface area contributed by atoms with Crippen LogP contribution >= 0.6 is 38.5 Å². The molecule has 0 aliphatic heterocycles. The number of aromatic nitrogens is 2. The van der Waals surface area contributed by atoms with Gasteiger partial charge in [-0.15, -0.1) is 0 Å². The van der Waals surface area contributed by atoms with Gasteiger partial charge in [0.25, 0.3) is 0 Å². The van der Waals surface area contributed by atoms with Crippen LogP contribution in [0.5, 0.6) is 0 Å². The lowest BCUT2D eigenvalue weighted by Gasteiger charge is -2.13. The molecule has 2 aromatic rings. The maximum absolute atomic E-state index is 5.54. The highest BCUT2D eigenvalue weighted by Crippen LogP contribution is 2.29. The van der Waals surface area contributed by atoms with Crippen molar-refractivity contribution in [2.24, 2.45) is 0 Å². The van der Waals surface area contributed by atoms with Crippen LogP contribution in [0.15, 0.2) is 21.2 Å². The molecule has 0 aromatic carbocycles. The van der Waals surface area contributed by atoms with Gasteiger partial charge in [-0.2, -0.15) is 0 Å². The van der Waals surface area contributed by atoms with E-state index >= 15 is 0 Å². The first kappa shape index (κ1) is 14.8. The monoisotopic (exact) mass is 435 g/mol. The van der Waals surface area contributed by atoms with Gasteiger partial charge >= 0.3 is 0 Å².